The number of benzene rings is 1. The van der Waals surface area contributed by atoms with Crippen molar-refractivity contribution in [1.29, 1.82) is 0 Å². The van der Waals surface area contributed by atoms with Gasteiger partial charge in [-0.15, -0.1) is 0 Å². The van der Waals surface area contributed by atoms with Gasteiger partial charge in [0.2, 0.25) is 5.88 Å². The van der Waals surface area contributed by atoms with Gasteiger partial charge >= 0.3 is 0 Å². The predicted molar refractivity (Wildman–Crippen MR) is 86.5 cm³/mol. The van der Waals surface area contributed by atoms with Crippen LogP contribution in [0, 0.1) is 5.92 Å². The number of hydrogen-bond donors (Lipinski definition) is 2. The summed E-state index contributed by atoms with van der Waals surface area (Å²) in [5.41, 5.74) is 0.573. The van der Waals surface area contributed by atoms with E-state index >= 15 is 0 Å². The fraction of sp³-hybridized carbons (Fsp3) is 0.353. The van der Waals surface area contributed by atoms with Crippen LogP contribution in [-0.4, -0.2) is 35.0 Å². The number of piperidine rings is 1. The van der Waals surface area contributed by atoms with Crippen molar-refractivity contribution in [3.8, 4) is 11.6 Å². The molecule has 2 unspecified atom stereocenters. The molecule has 6 heteroatoms. The van der Waals surface area contributed by atoms with Crippen molar-refractivity contribution in [1.82, 2.24) is 20.6 Å². The van der Waals surface area contributed by atoms with Crippen LogP contribution < -0.4 is 15.4 Å². The Labute approximate surface area is 135 Å². The molecule has 23 heavy (non-hydrogen) atoms. The molecule has 1 aromatic carbocycles. The van der Waals surface area contributed by atoms with Crippen LogP contribution in [0.5, 0.6) is 11.6 Å². The molecule has 0 spiro atoms. The zero-order chi connectivity index (χ0) is 16.1. The summed E-state index contributed by atoms with van der Waals surface area (Å²) in [5, 5.41) is 6.40. The third-order valence-electron chi connectivity index (χ3n) is 4.00. The average molecular weight is 312 g/mol. The minimum Gasteiger partial charge on any atom is -0.437 e. The first-order chi connectivity index (χ1) is 11.2. The van der Waals surface area contributed by atoms with Crippen LogP contribution in [0.25, 0.3) is 0 Å². The molecule has 1 aromatic heterocycles. The summed E-state index contributed by atoms with van der Waals surface area (Å²) in [7, 11) is 0. The summed E-state index contributed by atoms with van der Waals surface area (Å²) in [6.45, 7) is 3.98. The van der Waals surface area contributed by atoms with Gasteiger partial charge in [0.1, 0.15) is 5.75 Å². The van der Waals surface area contributed by atoms with Crippen LogP contribution >= 0.6 is 0 Å². The van der Waals surface area contributed by atoms with Gasteiger partial charge in [0, 0.05) is 30.5 Å². The van der Waals surface area contributed by atoms with Crippen LogP contribution in [0.2, 0.25) is 0 Å². The molecule has 2 N–H and O–H groups in total. The van der Waals surface area contributed by atoms with Crippen molar-refractivity contribution in [2.45, 2.75) is 19.4 Å². The Morgan fingerprint density at radius 1 is 1.39 bits per heavy atom. The third kappa shape index (κ3) is 4.04. The van der Waals surface area contributed by atoms with Crippen LogP contribution in [0.15, 0.2) is 42.9 Å². The SMILES string of the molecule is CC1CCNCC1NC(=O)c1cccc(Oc2cnccn2)c1. The van der Waals surface area contributed by atoms with E-state index in [1.165, 1.54) is 6.20 Å². The highest BCUT2D eigenvalue weighted by Crippen LogP contribution is 2.20. The fourth-order valence-corrected chi connectivity index (χ4v) is 2.59. The highest BCUT2D eigenvalue weighted by atomic mass is 16.5. The van der Waals surface area contributed by atoms with Gasteiger partial charge < -0.3 is 15.4 Å². The first-order valence-corrected chi connectivity index (χ1v) is 7.78. The van der Waals surface area contributed by atoms with Crippen LogP contribution in [0.1, 0.15) is 23.7 Å². The Kier molecular flexibility index (Phi) is 4.83. The molecule has 6 nitrogen and oxygen atoms in total. The van der Waals surface area contributed by atoms with E-state index < -0.39 is 0 Å². The van der Waals surface area contributed by atoms with Crippen LogP contribution in [-0.2, 0) is 0 Å². The first kappa shape index (κ1) is 15.4. The van der Waals surface area contributed by atoms with Gasteiger partial charge in [0.25, 0.3) is 5.91 Å². The molecule has 1 aliphatic heterocycles. The largest absolute Gasteiger partial charge is 0.437 e. The van der Waals surface area contributed by atoms with Crippen molar-refractivity contribution in [3.05, 3.63) is 48.4 Å². The lowest BCUT2D eigenvalue weighted by Gasteiger charge is -2.30. The van der Waals surface area contributed by atoms with E-state index in [0.717, 1.165) is 19.5 Å². The Balaban J connectivity index is 1.67. The summed E-state index contributed by atoms with van der Waals surface area (Å²) in [4.78, 5) is 20.4. The molecule has 2 atom stereocenters. The summed E-state index contributed by atoms with van der Waals surface area (Å²) >= 11 is 0. The molecule has 2 heterocycles. The van der Waals surface area contributed by atoms with Crippen molar-refractivity contribution in [2.75, 3.05) is 13.1 Å². The minimum absolute atomic E-state index is 0.0878. The van der Waals surface area contributed by atoms with Gasteiger partial charge in [-0.1, -0.05) is 13.0 Å². The average Bonchev–Trinajstić information content (AvgIpc) is 2.58. The van der Waals surface area contributed by atoms with E-state index in [4.69, 9.17) is 4.74 Å². The molecule has 0 saturated carbocycles. The van der Waals surface area contributed by atoms with Crippen molar-refractivity contribution >= 4 is 5.91 Å². The van der Waals surface area contributed by atoms with Gasteiger partial charge in [-0.3, -0.25) is 9.78 Å². The Hall–Kier alpha value is -2.47. The van der Waals surface area contributed by atoms with Crippen LogP contribution in [0.3, 0.4) is 0 Å². The maximum atomic E-state index is 12.4. The Morgan fingerprint density at radius 2 is 2.30 bits per heavy atom. The molecular formula is C17H20N4O2. The van der Waals surface area contributed by atoms with Crippen molar-refractivity contribution in [2.24, 2.45) is 5.92 Å². The minimum atomic E-state index is -0.0878. The number of rotatable bonds is 4. The quantitative estimate of drug-likeness (QED) is 0.903. The zero-order valence-electron chi connectivity index (χ0n) is 13.0. The lowest BCUT2D eigenvalue weighted by atomic mass is 9.94. The van der Waals surface area contributed by atoms with Crippen molar-refractivity contribution < 1.29 is 9.53 Å². The number of hydrogen-bond acceptors (Lipinski definition) is 5. The Morgan fingerprint density at radius 3 is 3.09 bits per heavy atom. The van der Waals surface area contributed by atoms with E-state index in [1.54, 1.807) is 36.7 Å². The molecule has 1 amide bonds. The normalized spacial score (nSPS) is 20.7. The molecule has 1 aliphatic rings. The standard InChI is InChI=1S/C17H20N4O2/c1-12-5-6-18-10-15(12)21-17(22)13-3-2-4-14(9-13)23-16-11-19-7-8-20-16/h2-4,7-9,11-12,15,18H,5-6,10H2,1H3,(H,21,22). The highest BCUT2D eigenvalue weighted by Gasteiger charge is 2.23. The molecule has 0 bridgehead atoms. The number of amides is 1. The molecule has 0 aliphatic carbocycles. The molecular weight excluding hydrogens is 292 g/mol. The maximum absolute atomic E-state index is 12.4. The summed E-state index contributed by atoms with van der Waals surface area (Å²) in [5.74, 6) is 1.34. The van der Waals surface area contributed by atoms with E-state index in [9.17, 15) is 4.79 Å². The molecule has 1 fully saturated rings. The van der Waals surface area contributed by atoms with Gasteiger partial charge in [-0.05, 0) is 37.1 Å². The van der Waals surface area contributed by atoms with Gasteiger partial charge in [-0.25, -0.2) is 4.98 Å². The monoisotopic (exact) mass is 312 g/mol. The number of nitrogens with zero attached hydrogens (tertiary/aromatic N) is 2. The topological polar surface area (TPSA) is 76.1 Å². The summed E-state index contributed by atoms with van der Waals surface area (Å²) in [6.07, 6.45) is 5.74. The number of carbonyl (C=O) groups excluding carboxylic acids is 1. The number of carbonyl (C=O) groups is 1. The number of ether oxygens (including phenoxy) is 1. The molecule has 3 rings (SSSR count). The first-order valence-electron chi connectivity index (χ1n) is 7.78. The van der Waals surface area contributed by atoms with E-state index in [1.807, 2.05) is 0 Å². The molecule has 0 radical (unpaired) electrons. The lowest BCUT2D eigenvalue weighted by molar-refractivity contribution is 0.0915. The predicted octanol–water partition coefficient (Wildman–Crippen LogP) is 2.00. The number of nitrogens with one attached hydrogen (secondary N) is 2. The third-order valence-corrected chi connectivity index (χ3v) is 4.00. The lowest BCUT2D eigenvalue weighted by Crippen LogP contribution is -2.50. The van der Waals surface area contributed by atoms with E-state index in [0.29, 0.717) is 23.1 Å². The van der Waals surface area contributed by atoms with Gasteiger partial charge in [0.15, 0.2) is 0 Å². The summed E-state index contributed by atoms with van der Waals surface area (Å²) < 4.78 is 5.61. The second-order valence-corrected chi connectivity index (χ2v) is 5.72. The van der Waals surface area contributed by atoms with E-state index in [2.05, 4.69) is 27.5 Å². The van der Waals surface area contributed by atoms with Gasteiger partial charge in [0.05, 0.1) is 6.20 Å². The fourth-order valence-electron chi connectivity index (χ4n) is 2.59. The zero-order valence-corrected chi connectivity index (χ0v) is 13.0. The molecule has 2 aromatic rings. The smallest absolute Gasteiger partial charge is 0.251 e. The second kappa shape index (κ2) is 7.19. The molecule has 120 valence electrons. The number of aromatic nitrogens is 2. The molecule has 1 saturated heterocycles. The van der Waals surface area contributed by atoms with Crippen molar-refractivity contribution in [3.63, 3.8) is 0 Å². The highest BCUT2D eigenvalue weighted by molar-refractivity contribution is 5.94. The van der Waals surface area contributed by atoms with E-state index in [-0.39, 0.29) is 11.9 Å². The van der Waals surface area contributed by atoms with Crippen LogP contribution in [0.4, 0.5) is 0 Å². The summed E-state index contributed by atoms with van der Waals surface area (Å²) in [6, 6.07) is 7.23. The maximum Gasteiger partial charge on any atom is 0.251 e. The second-order valence-electron chi connectivity index (χ2n) is 5.72. The van der Waals surface area contributed by atoms with Gasteiger partial charge in [-0.2, -0.15) is 0 Å². The Bertz CT molecular complexity index is 663.